The summed E-state index contributed by atoms with van der Waals surface area (Å²) in [5, 5.41) is 3.22. The van der Waals surface area contributed by atoms with Crippen molar-refractivity contribution in [3.63, 3.8) is 0 Å². The van der Waals surface area contributed by atoms with Crippen LogP contribution in [-0.4, -0.2) is 12.7 Å². The molecule has 0 saturated heterocycles. The highest BCUT2D eigenvalue weighted by Gasteiger charge is 2.35. The molecule has 144 valence electrons. The van der Waals surface area contributed by atoms with Crippen LogP contribution in [-0.2, 0) is 15.7 Å². The highest BCUT2D eigenvalue weighted by Crippen LogP contribution is 2.49. The third kappa shape index (κ3) is 5.10. The number of hydrogen-bond donors (Lipinski definition) is 1. The molecule has 0 bridgehead atoms. The maximum Gasteiger partial charge on any atom is 0.546 e. The summed E-state index contributed by atoms with van der Waals surface area (Å²) in [6, 6.07) is 9.75. The number of rotatable bonds is 3. The Labute approximate surface area is 167 Å². The number of amides is 1. The Bertz CT molecular complexity index is 861. The second-order valence-electron chi connectivity index (χ2n) is 6.47. The molecule has 1 N–H and O–H groups in total. The van der Waals surface area contributed by atoms with Gasteiger partial charge in [0.2, 0.25) is 0 Å². The zero-order valence-electron chi connectivity index (χ0n) is 14.7. The molecule has 0 radical (unpaired) electrons. The van der Waals surface area contributed by atoms with Gasteiger partial charge in [0.25, 0.3) is 0 Å². The third-order valence-corrected chi connectivity index (χ3v) is 5.44. The fraction of sp³-hybridized carbons (Fsp3) is 0.278. The Hall–Kier alpha value is -1.88. The Morgan fingerprint density at radius 1 is 1.11 bits per heavy atom. The van der Waals surface area contributed by atoms with Gasteiger partial charge in [-0.15, -0.1) is 0 Å². The highest BCUT2D eigenvalue weighted by atomic mass is 35.5. The molecule has 0 atom stereocenters. The zero-order chi connectivity index (χ0) is 19.6. The molecule has 1 aliphatic rings. The van der Waals surface area contributed by atoms with Gasteiger partial charge in [-0.05, 0) is 42.3 Å². The van der Waals surface area contributed by atoms with E-state index in [-0.39, 0.29) is 24.0 Å². The lowest BCUT2D eigenvalue weighted by molar-refractivity contribution is 0.137. The predicted molar refractivity (Wildman–Crippen MR) is 104 cm³/mol. The second kappa shape index (κ2) is 8.01. The van der Waals surface area contributed by atoms with E-state index in [1.54, 1.807) is 36.4 Å². The normalized spacial score (nSPS) is 14.7. The minimum Gasteiger partial charge on any atom is -0.449 e. The van der Waals surface area contributed by atoms with Crippen LogP contribution >= 0.6 is 30.9 Å². The monoisotopic (exact) mass is 429 g/mol. The van der Waals surface area contributed by atoms with Crippen molar-refractivity contribution in [3.05, 3.63) is 57.6 Å². The predicted octanol–water partition coefficient (Wildman–Crippen LogP) is 5.85. The zero-order valence-corrected chi connectivity index (χ0v) is 17.1. The molecule has 0 unspecified atom stereocenters. The van der Waals surface area contributed by atoms with Crippen LogP contribution in [0, 0.1) is 5.92 Å². The van der Waals surface area contributed by atoms with Crippen LogP contribution in [0.1, 0.15) is 25.0 Å². The first kappa shape index (κ1) is 19.9. The number of ether oxygens (including phenoxy) is 1. The fourth-order valence-corrected chi connectivity index (χ4v) is 4.15. The molecule has 9 heteroatoms. The van der Waals surface area contributed by atoms with E-state index in [2.05, 4.69) is 5.09 Å². The summed E-state index contributed by atoms with van der Waals surface area (Å²) in [4.78, 5) is 12.0. The maximum atomic E-state index is 13.2. The molecule has 1 aliphatic heterocycles. The molecule has 6 nitrogen and oxygen atoms in total. The van der Waals surface area contributed by atoms with E-state index in [0.29, 0.717) is 27.6 Å². The molecular formula is C18H18Cl2NO5P. The van der Waals surface area contributed by atoms with Gasteiger partial charge in [-0.25, -0.2) is 14.4 Å². The minimum atomic E-state index is -4.11. The molecule has 0 aromatic heterocycles. The van der Waals surface area contributed by atoms with E-state index in [4.69, 9.17) is 37.0 Å². The highest BCUT2D eigenvalue weighted by molar-refractivity contribution is 7.53. The van der Waals surface area contributed by atoms with Gasteiger partial charge in [-0.2, -0.15) is 0 Å². The molecule has 3 rings (SSSR count). The first-order chi connectivity index (χ1) is 12.7. The molecule has 0 spiro atoms. The smallest absolute Gasteiger partial charge is 0.449 e. The van der Waals surface area contributed by atoms with Crippen molar-refractivity contribution < 1.29 is 23.1 Å². The van der Waals surface area contributed by atoms with Gasteiger partial charge in [-0.1, -0.05) is 37.0 Å². The van der Waals surface area contributed by atoms with Crippen LogP contribution < -0.4 is 14.1 Å². The van der Waals surface area contributed by atoms with E-state index < -0.39 is 13.8 Å². The van der Waals surface area contributed by atoms with Crippen LogP contribution in [0.25, 0.3) is 0 Å². The summed E-state index contributed by atoms with van der Waals surface area (Å²) in [5.41, 5.74) is 1.37. The topological polar surface area (TPSA) is 73.9 Å². The minimum absolute atomic E-state index is 0.126. The van der Waals surface area contributed by atoms with Gasteiger partial charge in [-0.3, -0.25) is 0 Å². The van der Waals surface area contributed by atoms with E-state index >= 15 is 0 Å². The maximum absolute atomic E-state index is 13.2. The standard InChI is InChI=1S/C18H18Cl2NO5P/c1-11(2)10-24-18(22)21-27(23)25-16-5-3-14(19)8-12(16)7-13-9-15(20)4-6-17(13)26-27/h3-6,8-9,11H,7,10H2,1-2H3,(H,21,22,23). The molecule has 27 heavy (non-hydrogen) atoms. The lowest BCUT2D eigenvalue weighted by atomic mass is 10.0. The average Bonchev–Trinajstić information content (AvgIpc) is 2.57. The van der Waals surface area contributed by atoms with Crippen molar-refractivity contribution in [2.45, 2.75) is 20.3 Å². The number of carbonyl (C=O) groups excluding carboxylic acids is 1. The van der Waals surface area contributed by atoms with E-state index in [0.717, 1.165) is 0 Å². The molecule has 0 aliphatic carbocycles. The molecule has 0 saturated carbocycles. The summed E-state index contributed by atoms with van der Waals surface area (Å²) in [7, 11) is -4.11. The van der Waals surface area contributed by atoms with Gasteiger partial charge in [0.1, 0.15) is 11.5 Å². The van der Waals surface area contributed by atoms with Crippen molar-refractivity contribution in [1.82, 2.24) is 5.09 Å². The number of fused-ring (bicyclic) bond motifs is 2. The van der Waals surface area contributed by atoms with Crippen LogP contribution in [0.3, 0.4) is 0 Å². The van der Waals surface area contributed by atoms with Gasteiger partial charge < -0.3 is 13.8 Å². The quantitative estimate of drug-likeness (QED) is 0.619. The van der Waals surface area contributed by atoms with Crippen molar-refractivity contribution in [3.8, 4) is 11.5 Å². The lowest BCUT2D eigenvalue weighted by Gasteiger charge is -2.25. The average molecular weight is 430 g/mol. The Kier molecular flexibility index (Phi) is 5.89. The fourth-order valence-electron chi connectivity index (χ4n) is 2.47. The SMILES string of the molecule is CC(C)COC(=O)NP1(=O)Oc2ccc(Cl)cc2Cc2cc(Cl)ccc2O1. The molecule has 1 amide bonds. The second-order valence-corrected chi connectivity index (χ2v) is 8.92. The first-order valence-electron chi connectivity index (χ1n) is 8.25. The van der Waals surface area contributed by atoms with Gasteiger partial charge in [0.05, 0.1) is 6.61 Å². The summed E-state index contributed by atoms with van der Waals surface area (Å²) in [6.07, 6.45) is -0.484. The van der Waals surface area contributed by atoms with Crippen molar-refractivity contribution in [1.29, 1.82) is 0 Å². The molecule has 2 aromatic carbocycles. The van der Waals surface area contributed by atoms with E-state index in [1.807, 2.05) is 13.8 Å². The summed E-state index contributed by atoms with van der Waals surface area (Å²) < 4.78 is 29.4. The molecule has 1 heterocycles. The van der Waals surface area contributed by atoms with Crippen molar-refractivity contribution in [2.24, 2.45) is 5.92 Å². The van der Waals surface area contributed by atoms with Crippen molar-refractivity contribution in [2.75, 3.05) is 6.61 Å². The van der Waals surface area contributed by atoms with Crippen LogP contribution in [0.5, 0.6) is 11.5 Å². The van der Waals surface area contributed by atoms with Gasteiger partial charge in [0.15, 0.2) is 0 Å². The largest absolute Gasteiger partial charge is 0.546 e. The number of nitrogens with one attached hydrogen (secondary N) is 1. The lowest BCUT2D eigenvalue weighted by Crippen LogP contribution is -2.28. The van der Waals surface area contributed by atoms with Crippen LogP contribution in [0.2, 0.25) is 10.0 Å². The summed E-state index contributed by atoms with van der Waals surface area (Å²) >= 11 is 12.2. The Balaban J connectivity index is 1.97. The van der Waals surface area contributed by atoms with E-state index in [1.165, 1.54) is 0 Å². The summed E-state index contributed by atoms with van der Waals surface area (Å²) in [6.45, 7) is 3.95. The number of benzene rings is 2. The van der Waals surface area contributed by atoms with Crippen molar-refractivity contribution >= 4 is 37.0 Å². The van der Waals surface area contributed by atoms with Gasteiger partial charge in [0, 0.05) is 27.6 Å². The Morgan fingerprint density at radius 3 is 2.11 bits per heavy atom. The van der Waals surface area contributed by atoms with Crippen LogP contribution in [0.4, 0.5) is 4.79 Å². The molecular weight excluding hydrogens is 412 g/mol. The Morgan fingerprint density at radius 2 is 1.63 bits per heavy atom. The first-order valence-corrected chi connectivity index (χ1v) is 10.5. The number of carbonyl (C=O) groups is 1. The number of hydrogen-bond acceptors (Lipinski definition) is 5. The molecule has 0 fully saturated rings. The number of halogens is 2. The summed E-state index contributed by atoms with van der Waals surface area (Å²) in [5.74, 6) is 0.705. The van der Waals surface area contributed by atoms with Gasteiger partial charge >= 0.3 is 13.8 Å². The third-order valence-electron chi connectivity index (χ3n) is 3.64. The molecule has 2 aromatic rings. The van der Waals surface area contributed by atoms with Crippen LogP contribution in [0.15, 0.2) is 36.4 Å². The van der Waals surface area contributed by atoms with E-state index in [9.17, 15) is 9.36 Å².